The first-order valence-electron chi connectivity index (χ1n) is 5.11. The first-order valence-corrected chi connectivity index (χ1v) is 5.65. The molecule has 84 valence electrons. The van der Waals surface area contributed by atoms with Crippen LogP contribution < -0.4 is 10.3 Å². The van der Waals surface area contributed by atoms with Crippen molar-refractivity contribution in [1.29, 1.82) is 0 Å². The monoisotopic (exact) mass is 237 g/mol. The van der Waals surface area contributed by atoms with Crippen LogP contribution in [0.5, 0.6) is 5.75 Å². The van der Waals surface area contributed by atoms with Crippen molar-refractivity contribution in [3.8, 4) is 5.75 Å². The Hall–Kier alpha value is -1.48. The van der Waals surface area contributed by atoms with Crippen LogP contribution in [0.4, 0.5) is 0 Å². The number of ether oxygens (including phenoxy) is 1. The minimum atomic E-state index is -0.106. The van der Waals surface area contributed by atoms with E-state index in [1.807, 2.05) is 18.2 Å². The molecule has 0 saturated carbocycles. The summed E-state index contributed by atoms with van der Waals surface area (Å²) in [5.74, 6) is 1.34. The van der Waals surface area contributed by atoms with Gasteiger partial charge in [-0.15, -0.1) is 11.6 Å². The lowest BCUT2D eigenvalue weighted by atomic mass is 10.2. The van der Waals surface area contributed by atoms with Gasteiger partial charge in [0.05, 0.1) is 12.1 Å². The number of halogens is 1. The molecule has 0 fully saturated rings. The van der Waals surface area contributed by atoms with E-state index in [-0.39, 0.29) is 5.56 Å². The third-order valence-corrected chi connectivity index (χ3v) is 2.51. The van der Waals surface area contributed by atoms with Crippen molar-refractivity contribution in [3.63, 3.8) is 0 Å². The van der Waals surface area contributed by atoms with Gasteiger partial charge >= 0.3 is 0 Å². The highest BCUT2D eigenvalue weighted by molar-refractivity contribution is 6.17. The van der Waals surface area contributed by atoms with Gasteiger partial charge in [-0.25, -0.2) is 0 Å². The van der Waals surface area contributed by atoms with Gasteiger partial charge in [-0.3, -0.25) is 4.79 Å². The highest BCUT2D eigenvalue weighted by Crippen LogP contribution is 2.17. The van der Waals surface area contributed by atoms with Gasteiger partial charge in [-0.1, -0.05) is 0 Å². The molecule has 0 aliphatic rings. The van der Waals surface area contributed by atoms with Gasteiger partial charge in [0.15, 0.2) is 0 Å². The van der Waals surface area contributed by atoms with Gasteiger partial charge in [0, 0.05) is 18.0 Å². The molecule has 1 aromatic carbocycles. The van der Waals surface area contributed by atoms with Crippen LogP contribution in [0.15, 0.2) is 35.1 Å². The summed E-state index contributed by atoms with van der Waals surface area (Å²) >= 11 is 5.56. The molecule has 0 saturated heterocycles. The summed E-state index contributed by atoms with van der Waals surface area (Å²) in [6.07, 6.45) is 0.810. The topological polar surface area (TPSA) is 42.1 Å². The first kappa shape index (κ1) is 11.0. The van der Waals surface area contributed by atoms with Crippen molar-refractivity contribution in [1.82, 2.24) is 4.98 Å². The Bertz CT molecular complexity index is 536. The van der Waals surface area contributed by atoms with Gasteiger partial charge in [0.25, 0.3) is 0 Å². The van der Waals surface area contributed by atoms with Crippen molar-refractivity contribution >= 4 is 22.5 Å². The molecule has 2 aromatic rings. The predicted octanol–water partition coefficient (Wildman–Crippen LogP) is 2.54. The van der Waals surface area contributed by atoms with Crippen molar-refractivity contribution in [2.75, 3.05) is 12.5 Å². The van der Waals surface area contributed by atoms with E-state index in [0.29, 0.717) is 12.5 Å². The number of alkyl halides is 1. The summed E-state index contributed by atoms with van der Waals surface area (Å²) in [6, 6.07) is 8.92. The Morgan fingerprint density at radius 2 is 2.06 bits per heavy atom. The summed E-state index contributed by atoms with van der Waals surface area (Å²) in [7, 11) is 0. The van der Waals surface area contributed by atoms with E-state index < -0.39 is 0 Å². The molecule has 16 heavy (non-hydrogen) atoms. The lowest BCUT2D eigenvalue weighted by molar-refractivity contribution is 0.318. The number of hydrogen-bond acceptors (Lipinski definition) is 2. The maximum absolute atomic E-state index is 11.1. The lowest BCUT2D eigenvalue weighted by Gasteiger charge is -2.05. The van der Waals surface area contributed by atoms with Gasteiger partial charge in [0.1, 0.15) is 5.75 Å². The third kappa shape index (κ3) is 2.55. The second kappa shape index (κ2) is 5.03. The lowest BCUT2D eigenvalue weighted by Crippen LogP contribution is -2.03. The standard InChI is InChI=1S/C12H12ClNO2/c13-6-1-7-16-10-4-2-9-3-5-12(15)14-11(9)8-10/h2-5,8H,1,6-7H2,(H,14,15). The SMILES string of the molecule is O=c1ccc2ccc(OCCCCl)cc2[nH]1. The molecule has 0 spiro atoms. The average molecular weight is 238 g/mol. The molecular weight excluding hydrogens is 226 g/mol. The molecule has 1 N–H and O–H groups in total. The minimum Gasteiger partial charge on any atom is -0.493 e. The van der Waals surface area contributed by atoms with E-state index in [1.165, 1.54) is 6.07 Å². The molecule has 0 aliphatic heterocycles. The summed E-state index contributed by atoms with van der Waals surface area (Å²) in [4.78, 5) is 13.9. The Kier molecular flexibility index (Phi) is 3.47. The van der Waals surface area contributed by atoms with E-state index >= 15 is 0 Å². The third-order valence-electron chi connectivity index (χ3n) is 2.24. The van der Waals surface area contributed by atoms with Gasteiger partial charge < -0.3 is 9.72 Å². The maximum atomic E-state index is 11.1. The van der Waals surface area contributed by atoms with E-state index in [2.05, 4.69) is 4.98 Å². The fourth-order valence-electron chi connectivity index (χ4n) is 1.46. The van der Waals surface area contributed by atoms with Crippen LogP contribution in [0.2, 0.25) is 0 Å². The van der Waals surface area contributed by atoms with Crippen molar-refractivity contribution in [3.05, 3.63) is 40.7 Å². The van der Waals surface area contributed by atoms with E-state index in [1.54, 1.807) is 6.07 Å². The average Bonchev–Trinajstić information content (AvgIpc) is 2.29. The van der Waals surface area contributed by atoms with E-state index in [0.717, 1.165) is 23.1 Å². The normalized spacial score (nSPS) is 10.6. The second-order valence-electron chi connectivity index (χ2n) is 3.46. The van der Waals surface area contributed by atoms with Crippen molar-refractivity contribution < 1.29 is 4.74 Å². The minimum absolute atomic E-state index is 0.106. The molecular formula is C12H12ClNO2. The number of benzene rings is 1. The molecule has 1 heterocycles. The molecule has 3 nitrogen and oxygen atoms in total. The fourth-order valence-corrected chi connectivity index (χ4v) is 1.57. The molecule has 4 heteroatoms. The fraction of sp³-hybridized carbons (Fsp3) is 0.250. The number of H-pyrrole nitrogens is 1. The van der Waals surface area contributed by atoms with Gasteiger partial charge in [-0.2, -0.15) is 0 Å². The zero-order valence-corrected chi connectivity index (χ0v) is 9.46. The number of pyridine rings is 1. The second-order valence-corrected chi connectivity index (χ2v) is 3.84. The van der Waals surface area contributed by atoms with Crippen LogP contribution in [0.1, 0.15) is 6.42 Å². The Balaban J connectivity index is 2.25. The van der Waals surface area contributed by atoms with Gasteiger partial charge in [0.2, 0.25) is 5.56 Å². The molecule has 1 aromatic heterocycles. The highest BCUT2D eigenvalue weighted by atomic mass is 35.5. The Labute approximate surface area is 98.0 Å². The smallest absolute Gasteiger partial charge is 0.248 e. The zero-order valence-electron chi connectivity index (χ0n) is 8.70. The molecule has 0 bridgehead atoms. The summed E-state index contributed by atoms with van der Waals surface area (Å²) in [5, 5.41) is 0.990. The van der Waals surface area contributed by atoms with Gasteiger partial charge in [-0.05, 0) is 30.0 Å². The molecule has 0 unspecified atom stereocenters. The number of hydrogen-bond donors (Lipinski definition) is 1. The number of aromatic nitrogens is 1. The number of aromatic amines is 1. The van der Waals surface area contributed by atoms with Crippen molar-refractivity contribution in [2.45, 2.75) is 6.42 Å². The molecule has 0 radical (unpaired) electrons. The summed E-state index contributed by atoms with van der Waals surface area (Å²) in [6.45, 7) is 0.589. The van der Waals surface area contributed by atoms with Crippen molar-refractivity contribution in [2.24, 2.45) is 0 Å². The summed E-state index contributed by atoms with van der Waals surface area (Å²) < 4.78 is 5.49. The Morgan fingerprint density at radius 3 is 2.88 bits per heavy atom. The van der Waals surface area contributed by atoms with Crippen LogP contribution in [-0.2, 0) is 0 Å². The Morgan fingerprint density at radius 1 is 1.25 bits per heavy atom. The molecule has 0 atom stereocenters. The van der Waals surface area contributed by atoms with Crippen LogP contribution in [0.25, 0.3) is 10.9 Å². The van der Waals surface area contributed by atoms with Crippen LogP contribution in [0.3, 0.4) is 0 Å². The maximum Gasteiger partial charge on any atom is 0.248 e. The zero-order chi connectivity index (χ0) is 11.4. The largest absolute Gasteiger partial charge is 0.493 e. The molecule has 0 amide bonds. The van der Waals surface area contributed by atoms with E-state index in [4.69, 9.17) is 16.3 Å². The highest BCUT2D eigenvalue weighted by Gasteiger charge is 1.98. The van der Waals surface area contributed by atoms with E-state index in [9.17, 15) is 4.79 Å². The number of rotatable bonds is 4. The molecule has 2 rings (SSSR count). The quantitative estimate of drug-likeness (QED) is 0.656. The predicted molar refractivity (Wildman–Crippen MR) is 65.4 cm³/mol. The van der Waals surface area contributed by atoms with Crippen LogP contribution in [0, 0.1) is 0 Å². The number of fused-ring (bicyclic) bond motifs is 1. The van der Waals surface area contributed by atoms with Crippen LogP contribution >= 0.6 is 11.6 Å². The molecule has 0 aliphatic carbocycles. The van der Waals surface area contributed by atoms with Crippen LogP contribution in [-0.4, -0.2) is 17.5 Å². The summed E-state index contributed by atoms with van der Waals surface area (Å²) in [5.41, 5.74) is 0.682. The number of nitrogens with one attached hydrogen (secondary N) is 1. The first-order chi connectivity index (χ1) is 7.79.